The van der Waals surface area contributed by atoms with Gasteiger partial charge in [0, 0.05) is 25.1 Å². The molecule has 15 heavy (non-hydrogen) atoms. The first-order valence-electron chi connectivity index (χ1n) is 4.82. The molecule has 1 heterocycles. The molecule has 80 valence electrons. The first kappa shape index (κ1) is 10.4. The number of rotatable bonds is 2. The minimum absolute atomic E-state index is 0.00162. The molecule has 0 aromatic heterocycles. The van der Waals surface area contributed by atoms with Gasteiger partial charge < -0.3 is 4.90 Å². The Morgan fingerprint density at radius 2 is 2.20 bits per heavy atom. The highest BCUT2D eigenvalue weighted by atomic mass is 35.5. The maximum Gasteiger partial charge on any atom is 0.224 e. The highest BCUT2D eigenvalue weighted by molar-refractivity contribution is 6.22. The van der Waals surface area contributed by atoms with E-state index < -0.39 is 0 Å². The van der Waals surface area contributed by atoms with Crippen LogP contribution < -0.4 is 0 Å². The zero-order valence-corrected chi connectivity index (χ0v) is 8.88. The van der Waals surface area contributed by atoms with Crippen molar-refractivity contribution in [3.63, 3.8) is 0 Å². The summed E-state index contributed by atoms with van der Waals surface area (Å²) in [5, 5.41) is -0.135. The Labute approximate surface area is 92.6 Å². The number of alkyl halides is 1. The molecular weight excluding hydrogens is 217 g/mol. The zero-order chi connectivity index (χ0) is 10.8. The van der Waals surface area contributed by atoms with Gasteiger partial charge in [0.2, 0.25) is 5.91 Å². The Balaban J connectivity index is 2.09. The van der Waals surface area contributed by atoms with Crippen molar-refractivity contribution in [2.24, 2.45) is 0 Å². The normalized spacial score (nSPS) is 21.1. The monoisotopic (exact) mass is 227 g/mol. The average Bonchev–Trinajstić information content (AvgIpc) is 2.49. The van der Waals surface area contributed by atoms with Crippen LogP contribution in [0.4, 0.5) is 4.39 Å². The largest absolute Gasteiger partial charge is 0.337 e. The smallest absolute Gasteiger partial charge is 0.224 e. The molecular formula is C11H11ClFNO. The Morgan fingerprint density at radius 3 is 2.80 bits per heavy atom. The van der Waals surface area contributed by atoms with Crippen molar-refractivity contribution in [2.45, 2.75) is 18.3 Å². The lowest BCUT2D eigenvalue weighted by Crippen LogP contribution is -2.25. The minimum Gasteiger partial charge on any atom is -0.337 e. The van der Waals surface area contributed by atoms with Crippen LogP contribution in [0.15, 0.2) is 24.3 Å². The SMILES string of the molecule is O=C1CC(Cl)CN1Cc1ccccc1F. The van der Waals surface area contributed by atoms with E-state index in [1.165, 1.54) is 6.07 Å². The Bertz CT molecular complexity index is 383. The molecule has 1 amide bonds. The van der Waals surface area contributed by atoms with Gasteiger partial charge in [-0.05, 0) is 6.07 Å². The number of hydrogen-bond acceptors (Lipinski definition) is 1. The van der Waals surface area contributed by atoms with Crippen LogP contribution >= 0.6 is 11.6 Å². The maximum absolute atomic E-state index is 13.3. The number of carbonyl (C=O) groups excluding carboxylic acids is 1. The number of carbonyl (C=O) groups is 1. The van der Waals surface area contributed by atoms with Crippen LogP contribution in [0.3, 0.4) is 0 Å². The quantitative estimate of drug-likeness (QED) is 0.709. The summed E-state index contributed by atoms with van der Waals surface area (Å²) >= 11 is 5.85. The lowest BCUT2D eigenvalue weighted by Gasteiger charge is -2.15. The summed E-state index contributed by atoms with van der Waals surface area (Å²) in [5.74, 6) is -0.276. The van der Waals surface area contributed by atoms with Crippen LogP contribution in [0.5, 0.6) is 0 Å². The maximum atomic E-state index is 13.3. The van der Waals surface area contributed by atoms with Gasteiger partial charge in [-0.1, -0.05) is 18.2 Å². The Hall–Kier alpha value is -1.09. The molecule has 1 aromatic rings. The van der Waals surface area contributed by atoms with Gasteiger partial charge in [-0.2, -0.15) is 0 Å². The van der Waals surface area contributed by atoms with Crippen molar-refractivity contribution >= 4 is 17.5 Å². The summed E-state index contributed by atoms with van der Waals surface area (Å²) in [6.45, 7) is 0.823. The fraction of sp³-hybridized carbons (Fsp3) is 0.364. The molecule has 1 saturated heterocycles. The summed E-state index contributed by atoms with van der Waals surface area (Å²) in [5.41, 5.74) is 0.539. The first-order valence-corrected chi connectivity index (χ1v) is 5.25. The molecule has 0 saturated carbocycles. The lowest BCUT2D eigenvalue weighted by atomic mass is 10.2. The molecule has 0 spiro atoms. The zero-order valence-electron chi connectivity index (χ0n) is 8.12. The van der Waals surface area contributed by atoms with Gasteiger partial charge in [-0.3, -0.25) is 4.79 Å². The minimum atomic E-state index is -0.275. The molecule has 1 fully saturated rings. The highest BCUT2D eigenvalue weighted by Crippen LogP contribution is 2.19. The molecule has 1 aromatic carbocycles. The molecule has 1 unspecified atom stereocenters. The summed E-state index contributed by atoms with van der Waals surface area (Å²) in [6.07, 6.45) is 0.357. The number of halogens is 2. The Morgan fingerprint density at radius 1 is 1.47 bits per heavy atom. The van der Waals surface area contributed by atoms with Gasteiger partial charge in [0.15, 0.2) is 0 Å². The molecule has 0 aliphatic carbocycles. The molecule has 0 N–H and O–H groups in total. The summed E-state index contributed by atoms with van der Waals surface area (Å²) in [6, 6.07) is 6.48. The predicted molar refractivity (Wildman–Crippen MR) is 56.1 cm³/mol. The van der Waals surface area contributed by atoms with E-state index in [4.69, 9.17) is 11.6 Å². The molecule has 1 atom stereocenters. The molecule has 2 rings (SSSR count). The van der Waals surface area contributed by atoms with Crippen LogP contribution in [-0.4, -0.2) is 22.7 Å². The molecule has 2 nitrogen and oxygen atoms in total. The second-order valence-corrected chi connectivity index (χ2v) is 4.28. The van der Waals surface area contributed by atoms with E-state index >= 15 is 0 Å². The van der Waals surface area contributed by atoms with E-state index in [0.29, 0.717) is 25.1 Å². The fourth-order valence-corrected chi connectivity index (χ4v) is 2.01. The third-order valence-electron chi connectivity index (χ3n) is 2.49. The topological polar surface area (TPSA) is 20.3 Å². The van der Waals surface area contributed by atoms with E-state index in [2.05, 4.69) is 0 Å². The molecule has 1 aliphatic heterocycles. The van der Waals surface area contributed by atoms with E-state index in [1.807, 2.05) is 0 Å². The molecule has 0 radical (unpaired) electrons. The van der Waals surface area contributed by atoms with Crippen LogP contribution in [-0.2, 0) is 11.3 Å². The predicted octanol–water partition coefficient (Wildman–Crippen LogP) is 2.17. The lowest BCUT2D eigenvalue weighted by molar-refractivity contribution is -0.128. The van der Waals surface area contributed by atoms with Crippen LogP contribution in [0.25, 0.3) is 0 Å². The van der Waals surface area contributed by atoms with E-state index in [1.54, 1.807) is 23.1 Å². The number of benzene rings is 1. The second kappa shape index (κ2) is 4.19. The van der Waals surface area contributed by atoms with Crippen molar-refractivity contribution in [1.82, 2.24) is 4.90 Å². The average molecular weight is 228 g/mol. The molecule has 0 bridgehead atoms. The van der Waals surface area contributed by atoms with Crippen LogP contribution in [0.1, 0.15) is 12.0 Å². The van der Waals surface area contributed by atoms with E-state index in [-0.39, 0.29) is 17.1 Å². The molecule has 1 aliphatic rings. The van der Waals surface area contributed by atoms with Crippen molar-refractivity contribution in [3.8, 4) is 0 Å². The van der Waals surface area contributed by atoms with Crippen molar-refractivity contribution in [2.75, 3.05) is 6.54 Å². The third kappa shape index (κ3) is 2.29. The highest BCUT2D eigenvalue weighted by Gasteiger charge is 2.28. The van der Waals surface area contributed by atoms with Crippen LogP contribution in [0.2, 0.25) is 0 Å². The molecule has 4 heteroatoms. The summed E-state index contributed by atoms with van der Waals surface area (Å²) in [7, 11) is 0. The summed E-state index contributed by atoms with van der Waals surface area (Å²) in [4.78, 5) is 13.0. The van der Waals surface area contributed by atoms with Crippen molar-refractivity contribution < 1.29 is 9.18 Å². The van der Waals surface area contributed by atoms with Gasteiger partial charge in [-0.15, -0.1) is 11.6 Å². The van der Waals surface area contributed by atoms with Gasteiger partial charge >= 0.3 is 0 Å². The second-order valence-electron chi connectivity index (χ2n) is 3.67. The van der Waals surface area contributed by atoms with Crippen molar-refractivity contribution in [1.29, 1.82) is 0 Å². The van der Waals surface area contributed by atoms with Gasteiger partial charge in [-0.25, -0.2) is 4.39 Å². The standard InChI is InChI=1S/C11H11ClFNO/c12-9-5-11(15)14(7-9)6-8-3-1-2-4-10(8)13/h1-4,9H,5-7H2. The van der Waals surface area contributed by atoms with Gasteiger partial charge in [0.05, 0.1) is 5.38 Å². The fourth-order valence-electron chi connectivity index (χ4n) is 1.71. The van der Waals surface area contributed by atoms with E-state index in [0.717, 1.165) is 0 Å². The first-order chi connectivity index (χ1) is 7.16. The van der Waals surface area contributed by atoms with Gasteiger partial charge in [0.1, 0.15) is 5.82 Å². The number of hydrogen-bond donors (Lipinski definition) is 0. The third-order valence-corrected chi connectivity index (χ3v) is 2.78. The van der Waals surface area contributed by atoms with Crippen molar-refractivity contribution in [3.05, 3.63) is 35.6 Å². The number of nitrogens with zero attached hydrogens (tertiary/aromatic N) is 1. The van der Waals surface area contributed by atoms with Gasteiger partial charge in [0.25, 0.3) is 0 Å². The Kier molecular flexibility index (Phi) is 2.91. The number of amides is 1. The summed E-state index contributed by atoms with van der Waals surface area (Å²) < 4.78 is 13.3. The number of likely N-dealkylation sites (tertiary alicyclic amines) is 1. The van der Waals surface area contributed by atoms with Crippen LogP contribution in [0, 0.1) is 5.82 Å². The van der Waals surface area contributed by atoms with E-state index in [9.17, 15) is 9.18 Å².